The smallest absolute Gasteiger partial charge is 0.393 e. The molecular formula is C25H45NO6S. The van der Waals surface area contributed by atoms with Crippen molar-refractivity contribution in [2.75, 3.05) is 6.61 Å². The first kappa shape index (κ1) is 25.8. The molecule has 0 aromatic carbocycles. The van der Waals surface area contributed by atoms with E-state index in [4.69, 9.17) is 10.1 Å². The number of fused-ring (bicyclic) bond motifs is 5. The second kappa shape index (κ2) is 9.32. The lowest BCUT2D eigenvalue weighted by Gasteiger charge is -2.64. The van der Waals surface area contributed by atoms with Gasteiger partial charge >= 0.3 is 10.4 Å². The van der Waals surface area contributed by atoms with Crippen LogP contribution in [-0.2, 0) is 18.9 Å². The van der Waals surface area contributed by atoms with Crippen molar-refractivity contribution < 1.29 is 27.1 Å². The SMILES string of the molecule is CC[C@H]1[C@@H](O)C2C3CC[C@H]([C@H](C)CCOS(=O)(=O)ON)[C@@]3(C)CCC2[C@@]2(C)CC[C@@H](O)C[C@@H]12. The Hall–Kier alpha value is -0.250. The molecule has 0 saturated heterocycles. The zero-order chi connectivity index (χ0) is 24.2. The van der Waals surface area contributed by atoms with E-state index in [2.05, 4.69) is 32.0 Å². The summed E-state index contributed by atoms with van der Waals surface area (Å²) in [6.07, 6.45) is 8.45. The molecule has 0 aliphatic heterocycles. The van der Waals surface area contributed by atoms with Gasteiger partial charge in [0.25, 0.3) is 0 Å². The van der Waals surface area contributed by atoms with Crippen LogP contribution in [0.3, 0.4) is 0 Å². The van der Waals surface area contributed by atoms with Crippen LogP contribution in [0.4, 0.5) is 0 Å². The summed E-state index contributed by atoms with van der Waals surface area (Å²) in [6.45, 7) is 9.37. The monoisotopic (exact) mass is 487 g/mol. The Morgan fingerprint density at radius 1 is 1.03 bits per heavy atom. The van der Waals surface area contributed by atoms with E-state index in [1.165, 1.54) is 0 Å². The van der Waals surface area contributed by atoms with Crippen LogP contribution in [0.5, 0.6) is 0 Å². The molecule has 8 heteroatoms. The Balaban J connectivity index is 1.53. The van der Waals surface area contributed by atoms with Gasteiger partial charge in [-0.25, -0.2) is 4.18 Å². The first-order valence-electron chi connectivity index (χ1n) is 13.1. The predicted octanol–water partition coefficient (Wildman–Crippen LogP) is 3.79. The van der Waals surface area contributed by atoms with Crippen molar-refractivity contribution in [3.8, 4) is 0 Å². The largest absolute Gasteiger partial charge is 0.415 e. The quantitative estimate of drug-likeness (QED) is 0.467. The Kier molecular flexibility index (Phi) is 7.30. The third-order valence-corrected chi connectivity index (χ3v) is 11.8. The summed E-state index contributed by atoms with van der Waals surface area (Å²) in [5.41, 5.74) is 0.361. The molecule has 0 aromatic heterocycles. The van der Waals surface area contributed by atoms with E-state index in [1.54, 1.807) is 0 Å². The van der Waals surface area contributed by atoms with Gasteiger partial charge in [0.1, 0.15) is 0 Å². The molecule has 33 heavy (non-hydrogen) atoms. The maximum absolute atomic E-state index is 11.8. The van der Waals surface area contributed by atoms with Crippen molar-refractivity contribution in [1.29, 1.82) is 0 Å². The van der Waals surface area contributed by atoms with Gasteiger partial charge in [-0.2, -0.15) is 18.6 Å². The predicted molar refractivity (Wildman–Crippen MR) is 126 cm³/mol. The lowest BCUT2D eigenvalue weighted by molar-refractivity contribution is -0.203. The van der Waals surface area contributed by atoms with Crippen molar-refractivity contribution in [2.45, 2.75) is 97.7 Å². The highest BCUT2D eigenvalue weighted by atomic mass is 32.3. The van der Waals surface area contributed by atoms with Crippen LogP contribution >= 0.6 is 0 Å². The Labute approximate surface area is 200 Å². The lowest BCUT2D eigenvalue weighted by Crippen LogP contribution is -2.62. The molecule has 4 saturated carbocycles. The molecular weight excluding hydrogens is 442 g/mol. The van der Waals surface area contributed by atoms with E-state index in [0.717, 1.165) is 51.4 Å². The van der Waals surface area contributed by atoms with Gasteiger partial charge in [0.15, 0.2) is 0 Å². The average molecular weight is 488 g/mol. The van der Waals surface area contributed by atoms with Crippen LogP contribution in [0, 0.1) is 52.3 Å². The van der Waals surface area contributed by atoms with Gasteiger partial charge in [-0.15, -0.1) is 0 Å². The number of aliphatic hydroxyl groups excluding tert-OH is 2. The van der Waals surface area contributed by atoms with Crippen molar-refractivity contribution in [3.63, 3.8) is 0 Å². The summed E-state index contributed by atoms with van der Waals surface area (Å²) in [6, 6.07) is 0. The molecule has 0 heterocycles. The maximum atomic E-state index is 11.8. The van der Waals surface area contributed by atoms with Crippen molar-refractivity contribution in [2.24, 2.45) is 58.2 Å². The lowest BCUT2D eigenvalue weighted by atomic mass is 9.41. The highest BCUT2D eigenvalue weighted by molar-refractivity contribution is 7.81. The molecule has 0 spiro atoms. The first-order valence-corrected chi connectivity index (χ1v) is 14.5. The van der Waals surface area contributed by atoms with Gasteiger partial charge in [-0.1, -0.05) is 34.1 Å². The van der Waals surface area contributed by atoms with Crippen LogP contribution in [0.1, 0.15) is 85.5 Å². The minimum atomic E-state index is -4.10. The summed E-state index contributed by atoms with van der Waals surface area (Å²) in [5.74, 6) is 7.59. The fourth-order valence-corrected chi connectivity index (χ4v) is 9.85. The average Bonchev–Trinajstić information content (AvgIpc) is 3.12. The van der Waals surface area contributed by atoms with Gasteiger partial charge in [0.2, 0.25) is 0 Å². The van der Waals surface area contributed by atoms with Gasteiger partial charge in [0.05, 0.1) is 18.8 Å². The van der Waals surface area contributed by atoms with Crippen molar-refractivity contribution in [3.05, 3.63) is 0 Å². The van der Waals surface area contributed by atoms with Crippen molar-refractivity contribution >= 4 is 10.4 Å². The standard InChI is InChI=1S/C25H45NO6S/c1-5-17-21-14-16(27)8-11-25(21,4)20-9-12-24(3)18(6-7-19(24)22(20)23(17)28)15(2)10-13-31-33(29,30)32-26/h15-23,27-28H,5-14,26H2,1-4H3/t15-,16-,17-,18-,19?,20?,21+,22?,23-,24-,25-/m1/s1. The van der Waals surface area contributed by atoms with Crippen LogP contribution in [-0.4, -0.2) is 37.4 Å². The number of hydrogen-bond donors (Lipinski definition) is 3. The molecule has 0 radical (unpaired) electrons. The minimum Gasteiger partial charge on any atom is -0.393 e. The summed E-state index contributed by atoms with van der Waals surface area (Å²) in [7, 11) is -4.10. The highest BCUT2D eigenvalue weighted by Gasteiger charge is 2.64. The minimum absolute atomic E-state index is 0.0760. The van der Waals surface area contributed by atoms with E-state index in [0.29, 0.717) is 41.9 Å². The van der Waals surface area contributed by atoms with E-state index in [9.17, 15) is 18.6 Å². The first-order chi connectivity index (χ1) is 15.5. The summed E-state index contributed by atoms with van der Waals surface area (Å²) < 4.78 is 31.6. The van der Waals surface area contributed by atoms with Crippen LogP contribution in [0.25, 0.3) is 0 Å². The van der Waals surface area contributed by atoms with Gasteiger partial charge in [-0.05, 0) is 104 Å². The molecule has 192 valence electrons. The number of hydrogen-bond acceptors (Lipinski definition) is 7. The fraction of sp³-hybridized carbons (Fsp3) is 1.00. The number of aliphatic hydroxyl groups is 2. The summed E-state index contributed by atoms with van der Waals surface area (Å²) in [4.78, 5) is 0. The molecule has 7 nitrogen and oxygen atoms in total. The van der Waals surface area contributed by atoms with Gasteiger partial charge < -0.3 is 10.2 Å². The summed E-state index contributed by atoms with van der Waals surface area (Å²) >= 11 is 0. The second-order valence-corrected chi connectivity index (χ2v) is 13.5. The number of rotatable bonds is 7. The third-order valence-electron chi connectivity index (χ3n) is 11.1. The van der Waals surface area contributed by atoms with E-state index >= 15 is 0 Å². The number of nitrogens with two attached hydrogens (primary N) is 1. The topological polar surface area (TPSA) is 119 Å². The molecule has 4 fully saturated rings. The normalized spacial score (nSPS) is 48.6. The highest BCUT2D eigenvalue weighted by Crippen LogP contribution is 2.69. The zero-order valence-corrected chi connectivity index (χ0v) is 21.6. The third kappa shape index (κ3) is 4.31. The van der Waals surface area contributed by atoms with Crippen LogP contribution < -0.4 is 5.90 Å². The Morgan fingerprint density at radius 2 is 1.70 bits per heavy atom. The molecule has 11 atom stereocenters. The van der Waals surface area contributed by atoms with Gasteiger partial charge in [0, 0.05) is 0 Å². The molecule has 4 aliphatic rings. The van der Waals surface area contributed by atoms with Crippen LogP contribution in [0.2, 0.25) is 0 Å². The van der Waals surface area contributed by atoms with E-state index in [-0.39, 0.29) is 35.6 Å². The Bertz CT molecular complexity index is 807. The Morgan fingerprint density at radius 3 is 2.36 bits per heavy atom. The second-order valence-electron chi connectivity index (χ2n) is 12.2. The molecule has 4 rings (SSSR count). The molecule has 4 N–H and O–H groups in total. The molecule has 0 bridgehead atoms. The maximum Gasteiger partial charge on any atom is 0.415 e. The molecule has 0 aromatic rings. The molecule has 0 amide bonds. The zero-order valence-electron chi connectivity index (χ0n) is 20.8. The van der Waals surface area contributed by atoms with Crippen LogP contribution in [0.15, 0.2) is 0 Å². The van der Waals surface area contributed by atoms with E-state index in [1.807, 2.05) is 0 Å². The summed E-state index contributed by atoms with van der Waals surface area (Å²) in [5, 5.41) is 22.2. The van der Waals surface area contributed by atoms with Crippen molar-refractivity contribution in [1.82, 2.24) is 0 Å². The molecule has 3 unspecified atom stereocenters. The molecule has 4 aliphatic carbocycles. The van der Waals surface area contributed by atoms with E-state index < -0.39 is 10.4 Å². The van der Waals surface area contributed by atoms with Gasteiger partial charge in [-0.3, -0.25) is 0 Å². The fourth-order valence-electron chi connectivity index (χ4n) is 9.50.